The fraction of sp³-hybridized carbons (Fsp3) is 0.316. The van der Waals surface area contributed by atoms with Crippen LogP contribution in [0.1, 0.15) is 18.1 Å². The van der Waals surface area contributed by atoms with Crippen LogP contribution in [0.2, 0.25) is 0 Å². The Hall–Kier alpha value is -2.01. The maximum atomic E-state index is 12.8. The Morgan fingerprint density at radius 2 is 1.92 bits per heavy atom. The molecule has 1 atom stereocenters. The van der Waals surface area contributed by atoms with Crippen LogP contribution >= 0.6 is 11.8 Å². The maximum Gasteiger partial charge on any atom is 0.260 e. The Bertz CT molecular complexity index is 661. The number of aryl methyl sites for hydroxylation is 1. The van der Waals surface area contributed by atoms with Crippen LogP contribution in [0, 0.1) is 12.7 Å². The molecule has 0 aliphatic carbocycles. The third-order valence-corrected chi connectivity index (χ3v) is 4.57. The lowest BCUT2D eigenvalue weighted by Gasteiger charge is -2.14. The van der Waals surface area contributed by atoms with Gasteiger partial charge in [-0.2, -0.15) is 11.8 Å². The molecule has 0 aliphatic heterocycles. The third kappa shape index (κ3) is 5.89. The second kappa shape index (κ2) is 9.33. The van der Waals surface area contributed by atoms with E-state index < -0.39 is 6.10 Å². The van der Waals surface area contributed by atoms with Crippen molar-refractivity contribution in [2.75, 3.05) is 12.3 Å². The van der Waals surface area contributed by atoms with E-state index in [0.29, 0.717) is 12.3 Å². The van der Waals surface area contributed by atoms with Gasteiger partial charge in [0.15, 0.2) is 6.10 Å². The van der Waals surface area contributed by atoms with Crippen molar-refractivity contribution < 1.29 is 13.9 Å². The smallest absolute Gasteiger partial charge is 0.260 e. The van der Waals surface area contributed by atoms with Gasteiger partial charge in [0.05, 0.1) is 0 Å². The fourth-order valence-corrected chi connectivity index (χ4v) is 3.05. The molecule has 0 aliphatic rings. The van der Waals surface area contributed by atoms with Gasteiger partial charge >= 0.3 is 0 Å². The molecule has 1 N–H and O–H groups in total. The van der Waals surface area contributed by atoms with E-state index in [2.05, 4.69) is 24.4 Å². The van der Waals surface area contributed by atoms with Crippen molar-refractivity contribution in [1.82, 2.24) is 5.32 Å². The molecule has 0 aromatic heterocycles. The molecule has 24 heavy (non-hydrogen) atoms. The molecule has 0 unspecified atom stereocenters. The molecule has 128 valence electrons. The molecular weight excluding hydrogens is 325 g/mol. The largest absolute Gasteiger partial charge is 0.481 e. The van der Waals surface area contributed by atoms with Gasteiger partial charge in [-0.15, -0.1) is 0 Å². The van der Waals surface area contributed by atoms with Crippen molar-refractivity contribution in [3.8, 4) is 5.75 Å². The highest BCUT2D eigenvalue weighted by atomic mass is 32.2. The number of benzene rings is 2. The van der Waals surface area contributed by atoms with Gasteiger partial charge in [-0.25, -0.2) is 4.39 Å². The Labute approximate surface area is 146 Å². The minimum Gasteiger partial charge on any atom is -0.481 e. The number of nitrogens with one attached hydrogen (secondary N) is 1. The second-order valence-electron chi connectivity index (χ2n) is 5.48. The van der Waals surface area contributed by atoms with E-state index in [4.69, 9.17) is 4.74 Å². The van der Waals surface area contributed by atoms with Crippen LogP contribution in [0.4, 0.5) is 4.39 Å². The van der Waals surface area contributed by atoms with Crippen LogP contribution in [-0.2, 0) is 10.5 Å². The van der Waals surface area contributed by atoms with E-state index >= 15 is 0 Å². The summed E-state index contributed by atoms with van der Waals surface area (Å²) >= 11 is 1.78. The first-order chi connectivity index (χ1) is 11.6. The highest BCUT2D eigenvalue weighted by Gasteiger charge is 2.13. The summed E-state index contributed by atoms with van der Waals surface area (Å²) < 4.78 is 18.3. The zero-order chi connectivity index (χ0) is 17.4. The number of hydrogen-bond donors (Lipinski definition) is 1. The molecule has 0 spiro atoms. The van der Waals surface area contributed by atoms with Gasteiger partial charge in [-0.05, 0) is 49.2 Å². The zero-order valence-electron chi connectivity index (χ0n) is 13.9. The number of hydrogen-bond acceptors (Lipinski definition) is 3. The van der Waals surface area contributed by atoms with Crippen molar-refractivity contribution in [2.24, 2.45) is 0 Å². The van der Waals surface area contributed by atoms with Crippen molar-refractivity contribution in [3.05, 3.63) is 65.5 Å². The molecule has 2 aromatic rings. The van der Waals surface area contributed by atoms with Crippen molar-refractivity contribution in [1.29, 1.82) is 0 Å². The first-order valence-corrected chi connectivity index (χ1v) is 9.04. The minimum absolute atomic E-state index is 0.171. The molecule has 5 heteroatoms. The molecule has 0 bridgehead atoms. The quantitative estimate of drug-likeness (QED) is 0.735. The summed E-state index contributed by atoms with van der Waals surface area (Å²) in [6.45, 7) is 4.37. The third-order valence-electron chi connectivity index (χ3n) is 3.56. The van der Waals surface area contributed by atoms with Crippen LogP contribution in [-0.4, -0.2) is 24.3 Å². The predicted molar refractivity (Wildman–Crippen MR) is 96.8 cm³/mol. The SMILES string of the molecule is Cc1ccccc1CSCCNC(=O)[C@@H](C)Oc1ccc(F)cc1. The van der Waals surface area contributed by atoms with Crippen molar-refractivity contribution in [2.45, 2.75) is 25.7 Å². The first kappa shape index (κ1) is 18.3. The average Bonchev–Trinajstić information content (AvgIpc) is 2.58. The Morgan fingerprint density at radius 1 is 1.21 bits per heavy atom. The van der Waals surface area contributed by atoms with Gasteiger partial charge in [0, 0.05) is 18.1 Å². The van der Waals surface area contributed by atoms with E-state index in [1.165, 1.54) is 35.4 Å². The summed E-state index contributed by atoms with van der Waals surface area (Å²) in [7, 11) is 0. The van der Waals surface area contributed by atoms with Gasteiger partial charge < -0.3 is 10.1 Å². The summed E-state index contributed by atoms with van der Waals surface area (Å²) in [5.74, 6) is 1.75. The van der Waals surface area contributed by atoms with E-state index in [0.717, 1.165) is 11.5 Å². The molecule has 0 heterocycles. The molecule has 0 fully saturated rings. The maximum absolute atomic E-state index is 12.8. The Kier molecular flexibility index (Phi) is 7.12. The summed E-state index contributed by atoms with van der Waals surface area (Å²) in [5.41, 5.74) is 2.61. The number of carbonyl (C=O) groups excluding carboxylic acids is 1. The van der Waals surface area contributed by atoms with Crippen LogP contribution < -0.4 is 10.1 Å². The van der Waals surface area contributed by atoms with E-state index in [1.54, 1.807) is 18.7 Å². The zero-order valence-corrected chi connectivity index (χ0v) is 14.7. The standard InChI is InChI=1S/C19H22FNO2S/c1-14-5-3-4-6-16(14)13-24-12-11-21-19(22)15(2)23-18-9-7-17(20)8-10-18/h3-10,15H,11-13H2,1-2H3,(H,21,22)/t15-/m1/s1. The lowest BCUT2D eigenvalue weighted by atomic mass is 10.1. The number of ether oxygens (including phenoxy) is 1. The lowest BCUT2D eigenvalue weighted by molar-refractivity contribution is -0.127. The summed E-state index contributed by atoms with van der Waals surface area (Å²) in [5, 5.41) is 2.86. The molecule has 1 amide bonds. The van der Waals surface area contributed by atoms with Gasteiger partial charge in [0.25, 0.3) is 5.91 Å². The highest BCUT2D eigenvalue weighted by Crippen LogP contribution is 2.15. The molecule has 0 saturated heterocycles. The molecule has 2 aromatic carbocycles. The monoisotopic (exact) mass is 347 g/mol. The summed E-state index contributed by atoms with van der Waals surface area (Å²) in [6.07, 6.45) is -0.614. The Balaban J connectivity index is 1.65. The van der Waals surface area contributed by atoms with Crippen LogP contribution in [0.15, 0.2) is 48.5 Å². The molecule has 0 radical (unpaired) electrons. The van der Waals surface area contributed by atoms with Gasteiger partial charge in [-0.3, -0.25) is 4.79 Å². The van der Waals surface area contributed by atoms with Gasteiger partial charge in [-0.1, -0.05) is 24.3 Å². The number of rotatable bonds is 8. The van der Waals surface area contributed by atoms with Crippen molar-refractivity contribution >= 4 is 17.7 Å². The molecule has 2 rings (SSSR count). The highest BCUT2D eigenvalue weighted by molar-refractivity contribution is 7.98. The first-order valence-electron chi connectivity index (χ1n) is 7.88. The average molecular weight is 347 g/mol. The van der Waals surface area contributed by atoms with Gasteiger partial charge in [0.1, 0.15) is 11.6 Å². The number of carbonyl (C=O) groups is 1. The van der Waals surface area contributed by atoms with Crippen molar-refractivity contribution in [3.63, 3.8) is 0 Å². The van der Waals surface area contributed by atoms with Gasteiger partial charge in [0.2, 0.25) is 0 Å². The van der Waals surface area contributed by atoms with E-state index in [-0.39, 0.29) is 11.7 Å². The van der Waals surface area contributed by atoms with Crippen LogP contribution in [0.3, 0.4) is 0 Å². The predicted octanol–water partition coefficient (Wildman–Crippen LogP) is 3.95. The van der Waals surface area contributed by atoms with E-state index in [1.807, 2.05) is 12.1 Å². The minimum atomic E-state index is -0.614. The number of halogens is 1. The van der Waals surface area contributed by atoms with Crippen LogP contribution in [0.25, 0.3) is 0 Å². The van der Waals surface area contributed by atoms with Crippen LogP contribution in [0.5, 0.6) is 5.75 Å². The number of amides is 1. The molecule has 3 nitrogen and oxygen atoms in total. The molecule has 0 saturated carbocycles. The second-order valence-corrected chi connectivity index (χ2v) is 6.59. The normalized spacial score (nSPS) is 11.8. The summed E-state index contributed by atoms with van der Waals surface area (Å²) in [6, 6.07) is 13.9. The fourth-order valence-electron chi connectivity index (χ4n) is 2.12. The number of thioether (sulfide) groups is 1. The summed E-state index contributed by atoms with van der Waals surface area (Å²) in [4.78, 5) is 12.0. The van der Waals surface area contributed by atoms with E-state index in [9.17, 15) is 9.18 Å². The topological polar surface area (TPSA) is 38.3 Å². The lowest BCUT2D eigenvalue weighted by Crippen LogP contribution is -2.37. The molecular formula is C19H22FNO2S. The Morgan fingerprint density at radius 3 is 2.62 bits per heavy atom.